The van der Waals surface area contributed by atoms with Gasteiger partial charge in [-0.05, 0) is 6.92 Å². The number of aliphatic carboxylic acids is 1. The van der Waals surface area contributed by atoms with Crippen LogP contribution in [-0.4, -0.2) is 75.5 Å². The first-order valence-electron chi connectivity index (χ1n) is 5.58. The van der Waals surface area contributed by atoms with E-state index < -0.39 is 24.1 Å². The Kier molecular flexibility index (Phi) is 4.71. The zero-order chi connectivity index (χ0) is 13.0. The van der Waals surface area contributed by atoms with Crippen molar-refractivity contribution in [1.29, 1.82) is 0 Å². The quantitative estimate of drug-likeness (QED) is 0.587. The van der Waals surface area contributed by atoms with Gasteiger partial charge in [-0.2, -0.15) is 0 Å². The number of urea groups is 1. The molecule has 1 heterocycles. The summed E-state index contributed by atoms with van der Waals surface area (Å²) < 4.78 is 0. The fourth-order valence-electron chi connectivity index (χ4n) is 1.95. The number of nitrogens with zero attached hydrogens (tertiary/aromatic N) is 2. The molecule has 1 aliphatic rings. The Balaban J connectivity index is 2.75. The Labute approximate surface area is 99.2 Å². The average molecular weight is 246 g/mol. The molecular formula is C10H18N2O5. The number of aliphatic hydroxyl groups is 2. The largest absolute Gasteiger partial charge is 0.480 e. The molecule has 1 aliphatic heterocycles. The number of carboxylic acid groups (broad SMARTS) is 1. The van der Waals surface area contributed by atoms with E-state index in [0.717, 1.165) is 4.90 Å². The lowest BCUT2D eigenvalue weighted by Gasteiger charge is -2.28. The first-order chi connectivity index (χ1) is 8.01. The van der Waals surface area contributed by atoms with Gasteiger partial charge in [-0.3, -0.25) is 0 Å². The van der Waals surface area contributed by atoms with Gasteiger partial charge in [-0.15, -0.1) is 0 Å². The average Bonchev–Trinajstić information content (AvgIpc) is 2.67. The summed E-state index contributed by atoms with van der Waals surface area (Å²) in [5.41, 5.74) is 0. The van der Waals surface area contributed by atoms with Crippen molar-refractivity contribution in [3.8, 4) is 0 Å². The summed E-state index contributed by atoms with van der Waals surface area (Å²) in [6, 6.07) is -1.43. The van der Waals surface area contributed by atoms with Crippen molar-refractivity contribution in [2.24, 2.45) is 0 Å². The first kappa shape index (κ1) is 13.7. The van der Waals surface area contributed by atoms with Crippen molar-refractivity contribution in [1.82, 2.24) is 9.80 Å². The monoisotopic (exact) mass is 246 g/mol. The third-order valence-electron chi connectivity index (χ3n) is 2.83. The number of rotatable bonds is 4. The molecule has 1 saturated heterocycles. The Morgan fingerprint density at radius 3 is 2.59 bits per heavy atom. The van der Waals surface area contributed by atoms with Crippen molar-refractivity contribution in [2.45, 2.75) is 25.5 Å². The fourth-order valence-corrected chi connectivity index (χ4v) is 1.95. The summed E-state index contributed by atoms with van der Waals surface area (Å²) >= 11 is 0. The third-order valence-corrected chi connectivity index (χ3v) is 2.83. The number of likely N-dealkylation sites (N-methyl/N-ethyl adjacent to an activating group) is 1. The van der Waals surface area contributed by atoms with E-state index in [1.54, 1.807) is 6.92 Å². The first-order valence-corrected chi connectivity index (χ1v) is 5.58. The molecule has 2 atom stereocenters. The lowest BCUT2D eigenvalue weighted by atomic mass is 10.2. The molecule has 0 aromatic carbocycles. The summed E-state index contributed by atoms with van der Waals surface area (Å²) in [6.45, 7) is 2.15. The molecule has 0 saturated carbocycles. The van der Waals surface area contributed by atoms with Crippen LogP contribution in [0.4, 0.5) is 4.79 Å². The SMILES string of the molecule is CCN(CCO)C(=O)N1C[C@@H](O)C[C@H]1C(=O)O. The number of carbonyl (C=O) groups excluding carboxylic acids is 1. The predicted molar refractivity (Wildman–Crippen MR) is 58.5 cm³/mol. The van der Waals surface area contributed by atoms with E-state index in [1.807, 2.05) is 0 Å². The lowest BCUT2D eigenvalue weighted by molar-refractivity contribution is -0.141. The highest BCUT2D eigenvalue weighted by molar-refractivity contribution is 5.83. The van der Waals surface area contributed by atoms with E-state index in [4.69, 9.17) is 10.2 Å². The normalized spacial score (nSPS) is 23.8. The number of β-amino-alcohol motifs (C(OH)–C–C–N with tert-alkyl or cyclic N) is 1. The summed E-state index contributed by atoms with van der Waals surface area (Å²) in [5, 5.41) is 27.2. The Hall–Kier alpha value is -1.34. The molecule has 0 aromatic rings. The molecule has 2 amide bonds. The molecule has 0 aromatic heterocycles. The maximum Gasteiger partial charge on any atom is 0.326 e. The topological polar surface area (TPSA) is 101 Å². The zero-order valence-corrected chi connectivity index (χ0v) is 9.74. The van der Waals surface area contributed by atoms with Gasteiger partial charge < -0.3 is 25.1 Å². The number of carboxylic acids is 1. The van der Waals surface area contributed by atoms with Crippen LogP contribution in [-0.2, 0) is 4.79 Å². The molecule has 3 N–H and O–H groups in total. The van der Waals surface area contributed by atoms with Gasteiger partial charge in [0.1, 0.15) is 6.04 Å². The van der Waals surface area contributed by atoms with Crippen molar-refractivity contribution >= 4 is 12.0 Å². The van der Waals surface area contributed by atoms with E-state index in [1.165, 1.54) is 4.90 Å². The highest BCUT2D eigenvalue weighted by Crippen LogP contribution is 2.19. The van der Waals surface area contributed by atoms with Gasteiger partial charge in [-0.25, -0.2) is 9.59 Å². The minimum absolute atomic E-state index is 0.0255. The van der Waals surface area contributed by atoms with Crippen molar-refractivity contribution < 1.29 is 24.9 Å². The summed E-state index contributed by atoms with van der Waals surface area (Å²) in [5.74, 6) is -1.12. The molecule has 7 nitrogen and oxygen atoms in total. The van der Waals surface area contributed by atoms with Crippen LogP contribution in [0.1, 0.15) is 13.3 Å². The minimum atomic E-state index is -1.12. The van der Waals surface area contributed by atoms with E-state index >= 15 is 0 Å². The smallest absolute Gasteiger partial charge is 0.326 e. The molecule has 1 rings (SSSR count). The second-order valence-corrected chi connectivity index (χ2v) is 3.98. The molecule has 0 spiro atoms. The molecule has 98 valence electrons. The zero-order valence-electron chi connectivity index (χ0n) is 9.74. The predicted octanol–water partition coefficient (Wildman–Crippen LogP) is -1.06. The highest BCUT2D eigenvalue weighted by atomic mass is 16.4. The molecule has 7 heteroatoms. The molecule has 1 fully saturated rings. The van der Waals surface area contributed by atoms with Crippen LogP contribution >= 0.6 is 0 Å². The van der Waals surface area contributed by atoms with Gasteiger partial charge in [0.25, 0.3) is 0 Å². The van der Waals surface area contributed by atoms with Gasteiger partial charge in [-0.1, -0.05) is 0 Å². The Morgan fingerprint density at radius 1 is 1.47 bits per heavy atom. The second kappa shape index (κ2) is 5.83. The van der Waals surface area contributed by atoms with Gasteiger partial charge >= 0.3 is 12.0 Å². The van der Waals surface area contributed by atoms with Gasteiger partial charge in [0, 0.05) is 26.1 Å². The molecule has 0 unspecified atom stereocenters. The van der Waals surface area contributed by atoms with Crippen LogP contribution in [0.25, 0.3) is 0 Å². The lowest BCUT2D eigenvalue weighted by Crippen LogP contribution is -2.48. The Morgan fingerprint density at radius 2 is 2.12 bits per heavy atom. The number of likely N-dealkylation sites (tertiary alicyclic amines) is 1. The van der Waals surface area contributed by atoms with Gasteiger partial charge in [0.15, 0.2) is 0 Å². The van der Waals surface area contributed by atoms with Crippen LogP contribution in [0.5, 0.6) is 0 Å². The molecular weight excluding hydrogens is 228 g/mol. The van der Waals surface area contributed by atoms with E-state index in [9.17, 15) is 14.7 Å². The number of amides is 2. The van der Waals surface area contributed by atoms with Crippen molar-refractivity contribution in [2.75, 3.05) is 26.2 Å². The van der Waals surface area contributed by atoms with E-state index in [-0.39, 0.29) is 26.1 Å². The summed E-state index contributed by atoms with van der Waals surface area (Å²) in [4.78, 5) is 25.5. The van der Waals surface area contributed by atoms with Crippen molar-refractivity contribution in [3.05, 3.63) is 0 Å². The molecule has 0 radical (unpaired) electrons. The molecule has 0 aliphatic carbocycles. The number of carbonyl (C=O) groups is 2. The van der Waals surface area contributed by atoms with Gasteiger partial charge in [0.05, 0.1) is 12.7 Å². The van der Waals surface area contributed by atoms with Crippen molar-refractivity contribution in [3.63, 3.8) is 0 Å². The maximum atomic E-state index is 12.0. The fraction of sp³-hybridized carbons (Fsp3) is 0.800. The van der Waals surface area contributed by atoms with Gasteiger partial charge in [0.2, 0.25) is 0 Å². The Bertz CT molecular complexity index is 296. The van der Waals surface area contributed by atoms with Crippen LogP contribution < -0.4 is 0 Å². The maximum absolute atomic E-state index is 12.0. The second-order valence-electron chi connectivity index (χ2n) is 3.98. The standard InChI is InChI=1S/C10H18N2O5/c1-2-11(3-4-13)10(17)12-6-7(14)5-8(12)9(15)16/h7-8,13-14H,2-6H2,1H3,(H,15,16)/t7-,8-/m0/s1. The number of aliphatic hydroxyl groups excluding tert-OH is 2. The third kappa shape index (κ3) is 3.07. The minimum Gasteiger partial charge on any atom is -0.480 e. The van der Waals surface area contributed by atoms with Crippen LogP contribution in [0.2, 0.25) is 0 Å². The molecule has 0 bridgehead atoms. The summed E-state index contributed by atoms with van der Waals surface area (Å²) in [7, 11) is 0. The molecule has 17 heavy (non-hydrogen) atoms. The van der Waals surface area contributed by atoms with E-state index in [0.29, 0.717) is 6.54 Å². The highest BCUT2D eigenvalue weighted by Gasteiger charge is 2.40. The van der Waals surface area contributed by atoms with Crippen LogP contribution in [0.3, 0.4) is 0 Å². The summed E-state index contributed by atoms with van der Waals surface area (Å²) in [6.07, 6.45) is -0.745. The van der Waals surface area contributed by atoms with Crippen LogP contribution in [0, 0.1) is 0 Å². The van der Waals surface area contributed by atoms with E-state index in [2.05, 4.69) is 0 Å². The number of hydrogen-bond acceptors (Lipinski definition) is 4. The van der Waals surface area contributed by atoms with Crippen LogP contribution in [0.15, 0.2) is 0 Å². The number of hydrogen-bond donors (Lipinski definition) is 3.